The minimum atomic E-state index is -0.513. The van der Waals surface area contributed by atoms with Crippen molar-refractivity contribution < 1.29 is 14.3 Å². The van der Waals surface area contributed by atoms with E-state index in [-0.39, 0.29) is 23.8 Å². The Bertz CT molecular complexity index is 982. The van der Waals surface area contributed by atoms with Crippen LogP contribution in [0.25, 0.3) is 16.6 Å². The molecule has 1 atom stereocenters. The summed E-state index contributed by atoms with van der Waals surface area (Å²) in [6.07, 6.45) is 5.54. The lowest BCUT2D eigenvalue weighted by atomic mass is 9.89. The number of amides is 2. The van der Waals surface area contributed by atoms with Crippen molar-refractivity contribution in [3.8, 4) is 0 Å². The van der Waals surface area contributed by atoms with Crippen molar-refractivity contribution in [2.45, 2.75) is 46.1 Å². The summed E-state index contributed by atoms with van der Waals surface area (Å²) in [5, 5.41) is 3.96. The Hall–Kier alpha value is -2.83. The van der Waals surface area contributed by atoms with Crippen LogP contribution in [0.15, 0.2) is 24.4 Å². The summed E-state index contributed by atoms with van der Waals surface area (Å²) in [5.74, 6) is 0.851. The van der Waals surface area contributed by atoms with Crippen LogP contribution in [0.2, 0.25) is 0 Å². The molecule has 154 valence electrons. The first-order valence-corrected chi connectivity index (χ1v) is 10.2. The molecule has 2 aromatic heterocycles. The van der Waals surface area contributed by atoms with Gasteiger partial charge in [0.05, 0.1) is 0 Å². The SMILES string of the molecule is CC1CN(C(=O)OC(C)(C)C)CC=C1c1cc(NC(=O)C2CC2)nc2[nH]ccc12. The van der Waals surface area contributed by atoms with Gasteiger partial charge in [-0.05, 0) is 62.8 Å². The predicted molar refractivity (Wildman–Crippen MR) is 112 cm³/mol. The zero-order valence-corrected chi connectivity index (χ0v) is 17.4. The van der Waals surface area contributed by atoms with Crippen molar-refractivity contribution in [2.75, 3.05) is 18.4 Å². The third kappa shape index (κ3) is 4.28. The number of aromatic amines is 1. The molecule has 0 radical (unpaired) electrons. The smallest absolute Gasteiger partial charge is 0.410 e. The Kier molecular flexibility index (Phi) is 4.84. The quantitative estimate of drug-likeness (QED) is 0.815. The number of aromatic nitrogens is 2. The largest absolute Gasteiger partial charge is 0.444 e. The second-order valence-corrected chi connectivity index (χ2v) is 9.00. The molecule has 1 fully saturated rings. The summed E-state index contributed by atoms with van der Waals surface area (Å²) in [6, 6.07) is 3.94. The van der Waals surface area contributed by atoms with Crippen LogP contribution in [0.4, 0.5) is 10.6 Å². The third-order valence-corrected chi connectivity index (χ3v) is 5.25. The Balaban J connectivity index is 1.61. The van der Waals surface area contributed by atoms with Gasteiger partial charge in [0.25, 0.3) is 0 Å². The van der Waals surface area contributed by atoms with E-state index in [9.17, 15) is 9.59 Å². The average Bonchev–Trinajstić information content (AvgIpc) is 3.38. The maximum Gasteiger partial charge on any atom is 0.410 e. The summed E-state index contributed by atoms with van der Waals surface area (Å²) >= 11 is 0. The van der Waals surface area contributed by atoms with Gasteiger partial charge in [-0.1, -0.05) is 13.0 Å². The standard InChI is InChI=1S/C22H28N4O3/c1-13-12-26(21(28)29-22(2,3)4)10-8-15(13)17-11-18(25-20(27)14-5-6-14)24-19-16(17)7-9-23-19/h7-9,11,13-14H,5-6,10,12H2,1-4H3,(H2,23,24,25,27). The second-order valence-electron chi connectivity index (χ2n) is 9.00. The summed E-state index contributed by atoms with van der Waals surface area (Å²) < 4.78 is 5.51. The fourth-order valence-electron chi connectivity index (χ4n) is 3.68. The number of rotatable bonds is 3. The van der Waals surface area contributed by atoms with E-state index in [4.69, 9.17) is 4.74 Å². The lowest BCUT2D eigenvalue weighted by molar-refractivity contribution is -0.117. The maximum absolute atomic E-state index is 12.4. The number of carbonyl (C=O) groups is 2. The highest BCUT2D eigenvalue weighted by atomic mass is 16.6. The van der Waals surface area contributed by atoms with Gasteiger partial charge < -0.3 is 19.9 Å². The highest BCUT2D eigenvalue weighted by molar-refractivity contribution is 5.97. The van der Waals surface area contributed by atoms with E-state index in [0.29, 0.717) is 18.9 Å². The number of nitrogens with zero attached hydrogens (tertiary/aromatic N) is 2. The van der Waals surface area contributed by atoms with E-state index < -0.39 is 5.60 Å². The number of nitrogens with one attached hydrogen (secondary N) is 2. The molecule has 1 aliphatic heterocycles. The number of hydrogen-bond donors (Lipinski definition) is 2. The fraction of sp³-hybridized carbons (Fsp3) is 0.500. The minimum absolute atomic E-state index is 0.0381. The zero-order chi connectivity index (χ0) is 20.8. The molecule has 0 bridgehead atoms. The van der Waals surface area contributed by atoms with Gasteiger partial charge in [0.15, 0.2) is 0 Å². The van der Waals surface area contributed by atoms with Crippen LogP contribution in [0.3, 0.4) is 0 Å². The second kappa shape index (κ2) is 7.21. The van der Waals surface area contributed by atoms with Crippen LogP contribution in [-0.4, -0.2) is 45.6 Å². The van der Waals surface area contributed by atoms with Crippen LogP contribution in [0.1, 0.15) is 46.1 Å². The van der Waals surface area contributed by atoms with Crippen LogP contribution in [-0.2, 0) is 9.53 Å². The van der Waals surface area contributed by atoms with Gasteiger partial charge in [0.2, 0.25) is 5.91 Å². The zero-order valence-electron chi connectivity index (χ0n) is 17.4. The molecule has 3 heterocycles. The lowest BCUT2D eigenvalue weighted by Gasteiger charge is -2.33. The number of fused-ring (bicyclic) bond motifs is 1. The molecule has 7 nitrogen and oxygen atoms in total. The van der Waals surface area contributed by atoms with E-state index in [0.717, 1.165) is 35.0 Å². The van der Waals surface area contributed by atoms with E-state index in [1.807, 2.05) is 39.1 Å². The molecular weight excluding hydrogens is 368 g/mol. The Morgan fingerprint density at radius 1 is 1.31 bits per heavy atom. The molecule has 7 heteroatoms. The molecule has 2 aromatic rings. The summed E-state index contributed by atoms with van der Waals surface area (Å²) in [7, 11) is 0. The van der Waals surface area contributed by atoms with Crippen molar-refractivity contribution in [2.24, 2.45) is 11.8 Å². The molecule has 4 rings (SSSR count). The summed E-state index contributed by atoms with van der Waals surface area (Å²) in [5.41, 5.74) is 2.43. The van der Waals surface area contributed by atoms with Gasteiger partial charge in [-0.3, -0.25) is 4.79 Å². The Morgan fingerprint density at radius 2 is 2.07 bits per heavy atom. The van der Waals surface area contributed by atoms with Crippen LogP contribution >= 0.6 is 0 Å². The van der Waals surface area contributed by atoms with Crippen LogP contribution in [0, 0.1) is 11.8 Å². The number of ether oxygens (including phenoxy) is 1. The molecule has 0 aromatic carbocycles. The number of pyridine rings is 1. The minimum Gasteiger partial charge on any atom is -0.444 e. The van der Waals surface area contributed by atoms with Gasteiger partial charge >= 0.3 is 6.09 Å². The molecule has 1 aliphatic carbocycles. The van der Waals surface area contributed by atoms with Crippen molar-refractivity contribution in [1.82, 2.24) is 14.9 Å². The van der Waals surface area contributed by atoms with E-state index >= 15 is 0 Å². The van der Waals surface area contributed by atoms with E-state index in [1.165, 1.54) is 0 Å². The third-order valence-electron chi connectivity index (χ3n) is 5.25. The van der Waals surface area contributed by atoms with Crippen LogP contribution < -0.4 is 5.32 Å². The molecule has 0 spiro atoms. The lowest BCUT2D eigenvalue weighted by Crippen LogP contribution is -2.41. The molecule has 1 unspecified atom stereocenters. The predicted octanol–water partition coefficient (Wildman–Crippen LogP) is 4.18. The molecule has 1 saturated carbocycles. The van der Waals surface area contributed by atoms with Crippen molar-refractivity contribution in [3.63, 3.8) is 0 Å². The van der Waals surface area contributed by atoms with Crippen molar-refractivity contribution in [1.29, 1.82) is 0 Å². The highest BCUT2D eigenvalue weighted by Crippen LogP contribution is 2.35. The highest BCUT2D eigenvalue weighted by Gasteiger charge is 2.31. The molecule has 2 amide bonds. The summed E-state index contributed by atoms with van der Waals surface area (Å²) in [4.78, 5) is 34.1. The first kappa shape index (κ1) is 19.5. The number of hydrogen-bond acceptors (Lipinski definition) is 4. The normalized spacial score (nSPS) is 19.8. The molecule has 29 heavy (non-hydrogen) atoms. The van der Waals surface area contributed by atoms with Gasteiger partial charge in [0, 0.05) is 30.6 Å². The van der Waals surface area contributed by atoms with Crippen LogP contribution in [0.5, 0.6) is 0 Å². The maximum atomic E-state index is 12.4. The van der Waals surface area contributed by atoms with Gasteiger partial charge in [-0.25, -0.2) is 9.78 Å². The van der Waals surface area contributed by atoms with Crippen molar-refractivity contribution >= 4 is 34.4 Å². The first-order valence-electron chi connectivity index (χ1n) is 10.2. The molecule has 2 aliphatic rings. The van der Waals surface area contributed by atoms with Gasteiger partial charge in [-0.2, -0.15) is 0 Å². The Morgan fingerprint density at radius 3 is 2.72 bits per heavy atom. The molecule has 2 N–H and O–H groups in total. The Labute approximate surface area is 170 Å². The molecular formula is C22H28N4O3. The number of anilines is 1. The van der Waals surface area contributed by atoms with E-state index in [2.05, 4.69) is 28.3 Å². The number of H-pyrrole nitrogens is 1. The summed E-state index contributed by atoms with van der Waals surface area (Å²) in [6.45, 7) is 8.79. The molecule has 0 saturated heterocycles. The topological polar surface area (TPSA) is 87.3 Å². The first-order chi connectivity index (χ1) is 13.7. The van der Waals surface area contributed by atoms with Gasteiger partial charge in [0.1, 0.15) is 17.1 Å². The van der Waals surface area contributed by atoms with Crippen molar-refractivity contribution in [3.05, 3.63) is 30.0 Å². The monoisotopic (exact) mass is 396 g/mol. The van der Waals surface area contributed by atoms with Gasteiger partial charge in [-0.15, -0.1) is 0 Å². The van der Waals surface area contributed by atoms with E-state index in [1.54, 1.807) is 4.90 Å². The average molecular weight is 396 g/mol. The fourth-order valence-corrected chi connectivity index (χ4v) is 3.68. The number of carbonyl (C=O) groups excluding carboxylic acids is 2.